The number of sulfonamides is 1. The zero-order valence-corrected chi connectivity index (χ0v) is 13.1. The van der Waals surface area contributed by atoms with Crippen molar-refractivity contribution < 1.29 is 8.42 Å². The number of hydrogen-bond donors (Lipinski definition) is 2. The summed E-state index contributed by atoms with van der Waals surface area (Å²) in [4.78, 5) is 6.39. The molecule has 19 heavy (non-hydrogen) atoms. The van der Waals surface area contributed by atoms with Crippen molar-refractivity contribution in [3.8, 4) is 0 Å². The normalized spacial score (nSPS) is 19.8. The minimum absolute atomic E-state index is 0.331. The minimum Gasteiger partial charge on any atom is -0.370 e. The van der Waals surface area contributed by atoms with Gasteiger partial charge in [0.1, 0.15) is 0 Å². The zero-order valence-electron chi connectivity index (χ0n) is 12.3. The van der Waals surface area contributed by atoms with Crippen molar-refractivity contribution in [1.82, 2.24) is 9.62 Å². The van der Waals surface area contributed by atoms with Gasteiger partial charge in [-0.2, -0.15) is 0 Å². The van der Waals surface area contributed by atoms with Crippen LogP contribution in [0.3, 0.4) is 0 Å². The van der Waals surface area contributed by atoms with Crippen molar-refractivity contribution in [1.29, 1.82) is 0 Å². The molecule has 0 aromatic rings. The van der Waals surface area contributed by atoms with Crippen LogP contribution in [0.2, 0.25) is 0 Å². The molecule has 0 spiro atoms. The van der Waals surface area contributed by atoms with Crippen LogP contribution in [0, 0.1) is 5.92 Å². The lowest BCUT2D eigenvalue weighted by Crippen LogP contribution is -2.47. The second kappa shape index (κ2) is 6.09. The molecule has 6 nitrogen and oxygen atoms in total. The van der Waals surface area contributed by atoms with E-state index in [2.05, 4.69) is 21.5 Å². The molecule has 0 aromatic carbocycles. The summed E-state index contributed by atoms with van der Waals surface area (Å²) < 4.78 is 25.0. The lowest BCUT2D eigenvalue weighted by atomic mass is 10.00. The molecule has 0 atom stereocenters. The molecular formula is C12H26N4O2S. The molecule has 1 aliphatic rings. The van der Waals surface area contributed by atoms with Gasteiger partial charge in [0.25, 0.3) is 0 Å². The summed E-state index contributed by atoms with van der Waals surface area (Å²) in [7, 11) is -3.24. The monoisotopic (exact) mass is 290 g/mol. The Labute approximate surface area is 116 Å². The standard InChI is InChI=1S/C12H26N4O2S/c1-10-5-7-16(8-6-10)11(13)14-9-12(2,3)15-19(4,17)18/h10,15H,5-9H2,1-4H3,(H2,13,14). The second-order valence-corrected chi connectivity index (χ2v) is 7.85. The molecule has 0 radical (unpaired) electrons. The number of rotatable bonds is 4. The van der Waals surface area contributed by atoms with Gasteiger partial charge in [0, 0.05) is 18.6 Å². The van der Waals surface area contributed by atoms with Gasteiger partial charge in [-0.1, -0.05) is 6.92 Å². The van der Waals surface area contributed by atoms with Crippen molar-refractivity contribution in [2.24, 2.45) is 16.6 Å². The van der Waals surface area contributed by atoms with E-state index >= 15 is 0 Å². The van der Waals surface area contributed by atoms with Crippen molar-refractivity contribution in [3.05, 3.63) is 0 Å². The van der Waals surface area contributed by atoms with Crippen molar-refractivity contribution in [3.63, 3.8) is 0 Å². The van der Waals surface area contributed by atoms with Gasteiger partial charge < -0.3 is 10.6 Å². The van der Waals surface area contributed by atoms with Crippen LogP contribution in [-0.2, 0) is 10.0 Å². The largest absolute Gasteiger partial charge is 0.370 e. The molecule has 0 bridgehead atoms. The highest BCUT2D eigenvalue weighted by molar-refractivity contribution is 7.88. The molecule has 0 unspecified atom stereocenters. The van der Waals surface area contributed by atoms with Crippen LogP contribution in [0.4, 0.5) is 0 Å². The lowest BCUT2D eigenvalue weighted by Gasteiger charge is -2.31. The number of nitrogens with zero attached hydrogens (tertiary/aromatic N) is 2. The molecule has 1 rings (SSSR count). The molecule has 1 heterocycles. The number of likely N-dealkylation sites (tertiary alicyclic amines) is 1. The summed E-state index contributed by atoms with van der Waals surface area (Å²) in [5.74, 6) is 1.25. The Hall–Kier alpha value is -0.820. The third kappa shape index (κ3) is 6.24. The third-order valence-electron chi connectivity index (χ3n) is 3.21. The number of nitrogens with one attached hydrogen (secondary N) is 1. The van der Waals surface area contributed by atoms with Crippen LogP contribution in [0.15, 0.2) is 4.99 Å². The van der Waals surface area contributed by atoms with Crippen LogP contribution in [0.1, 0.15) is 33.6 Å². The zero-order chi connectivity index (χ0) is 14.7. The van der Waals surface area contributed by atoms with Gasteiger partial charge in [0.2, 0.25) is 10.0 Å². The van der Waals surface area contributed by atoms with E-state index in [1.165, 1.54) is 0 Å². The van der Waals surface area contributed by atoms with Crippen molar-refractivity contribution in [2.75, 3.05) is 25.9 Å². The first-order valence-electron chi connectivity index (χ1n) is 6.63. The smallest absolute Gasteiger partial charge is 0.209 e. The van der Waals surface area contributed by atoms with E-state index in [0.717, 1.165) is 38.1 Å². The Morgan fingerprint density at radius 3 is 2.42 bits per heavy atom. The predicted octanol–water partition coefficient (Wildman–Crippen LogP) is 0.361. The van der Waals surface area contributed by atoms with Gasteiger partial charge >= 0.3 is 0 Å². The van der Waals surface area contributed by atoms with Crippen molar-refractivity contribution >= 4 is 16.0 Å². The van der Waals surface area contributed by atoms with Crippen LogP contribution in [-0.4, -0.2) is 50.7 Å². The van der Waals surface area contributed by atoms with Crippen LogP contribution >= 0.6 is 0 Å². The Morgan fingerprint density at radius 1 is 1.42 bits per heavy atom. The second-order valence-electron chi connectivity index (χ2n) is 6.10. The maximum atomic E-state index is 11.2. The van der Waals surface area contributed by atoms with Crippen LogP contribution < -0.4 is 10.5 Å². The first-order valence-corrected chi connectivity index (χ1v) is 8.52. The molecule has 1 saturated heterocycles. The van der Waals surface area contributed by atoms with Gasteiger partial charge in [0.15, 0.2) is 5.96 Å². The Bertz CT molecular complexity index is 423. The van der Waals surface area contributed by atoms with Gasteiger partial charge in [-0.3, -0.25) is 4.99 Å². The highest BCUT2D eigenvalue weighted by Crippen LogP contribution is 2.15. The van der Waals surface area contributed by atoms with E-state index in [0.29, 0.717) is 12.5 Å². The maximum absolute atomic E-state index is 11.2. The summed E-state index contributed by atoms with van der Waals surface area (Å²) in [6.45, 7) is 8.01. The molecule has 3 N–H and O–H groups in total. The fourth-order valence-electron chi connectivity index (χ4n) is 2.15. The quantitative estimate of drug-likeness (QED) is 0.578. The lowest BCUT2D eigenvalue weighted by molar-refractivity contribution is 0.277. The highest BCUT2D eigenvalue weighted by atomic mass is 32.2. The van der Waals surface area contributed by atoms with Crippen LogP contribution in [0.5, 0.6) is 0 Å². The number of piperidine rings is 1. The number of hydrogen-bond acceptors (Lipinski definition) is 3. The van der Waals surface area contributed by atoms with Gasteiger partial charge in [-0.25, -0.2) is 13.1 Å². The fraction of sp³-hybridized carbons (Fsp3) is 0.917. The fourth-order valence-corrected chi connectivity index (χ4v) is 3.22. The first kappa shape index (κ1) is 16.2. The van der Waals surface area contributed by atoms with Crippen LogP contribution in [0.25, 0.3) is 0 Å². The van der Waals surface area contributed by atoms with E-state index in [1.807, 2.05) is 0 Å². The summed E-state index contributed by atoms with van der Waals surface area (Å²) >= 11 is 0. The van der Waals surface area contributed by atoms with Gasteiger partial charge in [-0.15, -0.1) is 0 Å². The van der Waals surface area contributed by atoms with E-state index in [9.17, 15) is 8.42 Å². The maximum Gasteiger partial charge on any atom is 0.209 e. The summed E-state index contributed by atoms with van der Waals surface area (Å²) in [6, 6.07) is 0. The molecule has 0 saturated carbocycles. The Balaban J connectivity index is 2.55. The average Bonchev–Trinajstić information content (AvgIpc) is 2.24. The third-order valence-corrected chi connectivity index (χ3v) is 4.13. The molecule has 1 fully saturated rings. The average molecular weight is 290 g/mol. The highest BCUT2D eigenvalue weighted by Gasteiger charge is 2.23. The first-order chi connectivity index (χ1) is 8.59. The minimum atomic E-state index is -3.24. The van der Waals surface area contributed by atoms with Gasteiger partial charge in [0.05, 0.1) is 12.8 Å². The number of nitrogens with two attached hydrogens (primary N) is 1. The molecule has 0 aromatic heterocycles. The summed E-state index contributed by atoms with van der Waals surface area (Å²) in [5, 5.41) is 0. The number of aliphatic imine (C=N–C) groups is 1. The summed E-state index contributed by atoms with van der Waals surface area (Å²) in [6.07, 6.45) is 3.40. The van der Waals surface area contributed by atoms with E-state index < -0.39 is 15.6 Å². The molecule has 112 valence electrons. The molecule has 7 heteroatoms. The molecule has 0 amide bonds. The molecular weight excluding hydrogens is 264 g/mol. The topological polar surface area (TPSA) is 87.8 Å². The Morgan fingerprint density at radius 2 is 1.95 bits per heavy atom. The van der Waals surface area contributed by atoms with Crippen molar-refractivity contribution in [2.45, 2.75) is 39.2 Å². The van der Waals surface area contributed by atoms with E-state index in [-0.39, 0.29) is 0 Å². The SMILES string of the molecule is CC1CCN(C(N)=NCC(C)(C)NS(C)(=O)=O)CC1. The summed E-state index contributed by atoms with van der Waals surface area (Å²) in [5.41, 5.74) is 5.34. The van der Waals surface area contributed by atoms with E-state index in [1.54, 1.807) is 13.8 Å². The number of guanidine groups is 1. The van der Waals surface area contributed by atoms with E-state index in [4.69, 9.17) is 5.73 Å². The molecule has 0 aliphatic carbocycles. The van der Waals surface area contributed by atoms with Gasteiger partial charge in [-0.05, 0) is 32.6 Å². The predicted molar refractivity (Wildman–Crippen MR) is 78.5 cm³/mol. The molecule has 1 aliphatic heterocycles. The Kier molecular flexibility index (Phi) is 5.20.